The number of para-hydroxylation sites is 1. The molecule has 1 aliphatic carbocycles. The molecule has 1 saturated carbocycles. The van der Waals surface area contributed by atoms with E-state index in [0.717, 1.165) is 29.7 Å². The number of piperidine rings is 1. The summed E-state index contributed by atoms with van der Waals surface area (Å²) in [6, 6.07) is 8.08. The Balaban J connectivity index is 1.54. The third kappa shape index (κ3) is 1.95. The average Bonchev–Trinajstić information content (AvgIpc) is 2.83. The predicted molar refractivity (Wildman–Crippen MR) is 80.6 cm³/mol. The molecule has 21 heavy (non-hydrogen) atoms. The standard InChI is InChI=1S/C16H20N4O/c1-9(18-16(21)14-11-7-17-8-12(11)14)15-10-5-3-4-6-13(10)20(2)19-15/h3-6,9,11-12,14,17H,7-8H2,1-2H3,(H,18,21)/t9?,11-,12?,14?/m0/s1. The number of rotatable bonds is 3. The van der Waals surface area contributed by atoms with Gasteiger partial charge in [0.25, 0.3) is 0 Å². The zero-order valence-electron chi connectivity index (χ0n) is 12.3. The molecule has 4 atom stereocenters. The Labute approximate surface area is 123 Å². The van der Waals surface area contributed by atoms with Gasteiger partial charge in [-0.2, -0.15) is 5.10 Å². The molecule has 110 valence electrons. The second kappa shape index (κ2) is 4.56. The minimum Gasteiger partial charge on any atom is -0.348 e. The number of carbonyl (C=O) groups is 1. The fourth-order valence-electron chi connectivity index (χ4n) is 3.75. The first-order valence-corrected chi connectivity index (χ1v) is 7.59. The molecule has 0 radical (unpaired) electrons. The third-order valence-electron chi connectivity index (χ3n) is 4.95. The van der Waals surface area contributed by atoms with E-state index in [1.165, 1.54) is 0 Å². The van der Waals surface area contributed by atoms with E-state index in [-0.39, 0.29) is 17.9 Å². The lowest BCUT2D eigenvalue weighted by Crippen LogP contribution is -2.32. The maximum atomic E-state index is 12.4. The molecular formula is C16H20N4O. The molecule has 1 aromatic carbocycles. The van der Waals surface area contributed by atoms with Crippen molar-refractivity contribution in [2.24, 2.45) is 24.8 Å². The number of benzene rings is 1. The van der Waals surface area contributed by atoms with Crippen LogP contribution in [0.25, 0.3) is 10.9 Å². The number of aryl methyl sites for hydroxylation is 1. The van der Waals surface area contributed by atoms with Gasteiger partial charge in [-0.1, -0.05) is 18.2 Å². The van der Waals surface area contributed by atoms with Gasteiger partial charge in [0.15, 0.2) is 0 Å². The number of carbonyl (C=O) groups excluding carboxylic acids is 1. The van der Waals surface area contributed by atoms with E-state index in [0.29, 0.717) is 11.8 Å². The summed E-state index contributed by atoms with van der Waals surface area (Å²) in [7, 11) is 1.94. The summed E-state index contributed by atoms with van der Waals surface area (Å²) < 4.78 is 1.88. The van der Waals surface area contributed by atoms with Crippen molar-refractivity contribution in [3.63, 3.8) is 0 Å². The molecular weight excluding hydrogens is 264 g/mol. The number of nitrogens with one attached hydrogen (secondary N) is 2. The lowest BCUT2D eigenvalue weighted by molar-refractivity contribution is -0.123. The molecule has 1 aliphatic heterocycles. The monoisotopic (exact) mass is 284 g/mol. The van der Waals surface area contributed by atoms with Crippen LogP contribution in [0.1, 0.15) is 18.7 Å². The highest BCUT2D eigenvalue weighted by atomic mass is 16.2. The lowest BCUT2D eigenvalue weighted by Gasteiger charge is -2.13. The number of hydrogen-bond acceptors (Lipinski definition) is 3. The smallest absolute Gasteiger partial charge is 0.224 e. The summed E-state index contributed by atoms with van der Waals surface area (Å²) in [4.78, 5) is 12.4. The van der Waals surface area contributed by atoms with Crippen LogP contribution in [0, 0.1) is 17.8 Å². The third-order valence-corrected chi connectivity index (χ3v) is 4.95. The lowest BCUT2D eigenvalue weighted by atomic mass is 10.1. The van der Waals surface area contributed by atoms with Gasteiger partial charge in [-0.25, -0.2) is 0 Å². The topological polar surface area (TPSA) is 59.0 Å². The van der Waals surface area contributed by atoms with Crippen LogP contribution in [0.4, 0.5) is 0 Å². The molecule has 0 spiro atoms. The van der Waals surface area contributed by atoms with Gasteiger partial charge < -0.3 is 10.6 Å². The predicted octanol–water partition coefficient (Wildman–Crippen LogP) is 1.22. The molecule has 2 aromatic rings. The van der Waals surface area contributed by atoms with Gasteiger partial charge in [0, 0.05) is 18.4 Å². The van der Waals surface area contributed by atoms with E-state index in [2.05, 4.69) is 27.9 Å². The van der Waals surface area contributed by atoms with Gasteiger partial charge >= 0.3 is 0 Å². The maximum Gasteiger partial charge on any atom is 0.224 e. The van der Waals surface area contributed by atoms with Crippen LogP contribution in [0.2, 0.25) is 0 Å². The summed E-state index contributed by atoms with van der Waals surface area (Å²) in [5, 5.41) is 12.2. The number of hydrogen-bond donors (Lipinski definition) is 2. The van der Waals surface area contributed by atoms with Crippen LogP contribution in [-0.4, -0.2) is 28.8 Å². The second-order valence-electron chi connectivity index (χ2n) is 6.27. The highest BCUT2D eigenvalue weighted by Crippen LogP contribution is 2.48. The Morgan fingerprint density at radius 1 is 1.38 bits per heavy atom. The van der Waals surface area contributed by atoms with E-state index in [4.69, 9.17) is 0 Å². The zero-order valence-corrected chi connectivity index (χ0v) is 12.3. The Morgan fingerprint density at radius 3 is 2.86 bits per heavy atom. The number of aromatic nitrogens is 2. The van der Waals surface area contributed by atoms with E-state index in [9.17, 15) is 4.79 Å². The molecule has 2 aliphatic rings. The molecule has 1 saturated heterocycles. The number of nitrogens with zero attached hydrogens (tertiary/aromatic N) is 2. The van der Waals surface area contributed by atoms with E-state index < -0.39 is 0 Å². The van der Waals surface area contributed by atoms with Crippen molar-refractivity contribution in [3.05, 3.63) is 30.0 Å². The van der Waals surface area contributed by atoms with Gasteiger partial charge in [-0.3, -0.25) is 9.48 Å². The van der Waals surface area contributed by atoms with Gasteiger partial charge in [0.1, 0.15) is 0 Å². The molecule has 2 fully saturated rings. The summed E-state index contributed by atoms with van der Waals surface area (Å²) in [6.45, 7) is 4.00. The Kier molecular flexibility index (Phi) is 2.79. The first-order valence-electron chi connectivity index (χ1n) is 7.59. The van der Waals surface area contributed by atoms with Crippen LogP contribution in [0.15, 0.2) is 24.3 Å². The van der Waals surface area contributed by atoms with Gasteiger partial charge in [0.2, 0.25) is 5.91 Å². The van der Waals surface area contributed by atoms with Crippen molar-refractivity contribution in [1.82, 2.24) is 20.4 Å². The Hall–Kier alpha value is -1.88. The molecule has 2 N–H and O–H groups in total. The van der Waals surface area contributed by atoms with Crippen LogP contribution in [0.5, 0.6) is 0 Å². The largest absolute Gasteiger partial charge is 0.348 e. The van der Waals surface area contributed by atoms with Crippen LogP contribution < -0.4 is 10.6 Å². The summed E-state index contributed by atoms with van der Waals surface area (Å²) in [5.41, 5.74) is 2.05. The quantitative estimate of drug-likeness (QED) is 0.891. The molecule has 1 aromatic heterocycles. The highest BCUT2D eigenvalue weighted by Gasteiger charge is 2.56. The van der Waals surface area contributed by atoms with Crippen molar-refractivity contribution in [1.29, 1.82) is 0 Å². The van der Waals surface area contributed by atoms with Crippen LogP contribution >= 0.6 is 0 Å². The summed E-state index contributed by atoms with van der Waals surface area (Å²) in [5.74, 6) is 1.51. The van der Waals surface area contributed by atoms with E-state index >= 15 is 0 Å². The fraction of sp³-hybridized carbons (Fsp3) is 0.500. The second-order valence-corrected chi connectivity index (χ2v) is 6.27. The summed E-state index contributed by atoms with van der Waals surface area (Å²) in [6.07, 6.45) is 0. The Morgan fingerprint density at radius 2 is 2.10 bits per heavy atom. The normalized spacial score (nSPS) is 28.4. The molecule has 1 amide bonds. The number of fused-ring (bicyclic) bond motifs is 2. The van der Waals surface area contributed by atoms with E-state index in [1.54, 1.807) is 0 Å². The van der Waals surface area contributed by atoms with Crippen molar-refractivity contribution in [2.45, 2.75) is 13.0 Å². The van der Waals surface area contributed by atoms with Gasteiger partial charge in [-0.15, -0.1) is 0 Å². The first-order chi connectivity index (χ1) is 10.2. The highest BCUT2D eigenvalue weighted by molar-refractivity contribution is 5.85. The number of amides is 1. The molecule has 3 unspecified atom stereocenters. The van der Waals surface area contributed by atoms with Gasteiger partial charge in [0.05, 0.1) is 17.3 Å². The Bertz CT molecular complexity index is 697. The minimum absolute atomic E-state index is 0.0575. The fourth-order valence-corrected chi connectivity index (χ4v) is 3.75. The van der Waals surface area contributed by atoms with Crippen LogP contribution in [0.3, 0.4) is 0 Å². The van der Waals surface area contributed by atoms with Crippen molar-refractivity contribution in [3.8, 4) is 0 Å². The molecule has 5 nitrogen and oxygen atoms in total. The van der Waals surface area contributed by atoms with Gasteiger partial charge in [-0.05, 0) is 37.9 Å². The van der Waals surface area contributed by atoms with Crippen molar-refractivity contribution in [2.75, 3.05) is 13.1 Å². The first kappa shape index (κ1) is 12.8. The molecule has 2 heterocycles. The molecule has 4 rings (SSSR count). The van der Waals surface area contributed by atoms with Crippen molar-refractivity contribution >= 4 is 16.8 Å². The van der Waals surface area contributed by atoms with Crippen LogP contribution in [-0.2, 0) is 11.8 Å². The molecule has 0 bridgehead atoms. The van der Waals surface area contributed by atoms with Crippen molar-refractivity contribution < 1.29 is 4.79 Å². The zero-order chi connectivity index (χ0) is 14.6. The summed E-state index contributed by atoms with van der Waals surface area (Å²) >= 11 is 0. The van der Waals surface area contributed by atoms with E-state index in [1.807, 2.05) is 30.8 Å². The minimum atomic E-state index is -0.0575. The SMILES string of the molecule is CC(NC(=O)C1C2CNC[C@@H]21)c1nn(C)c2ccccc12. The average molecular weight is 284 g/mol. The molecule has 5 heteroatoms. The maximum absolute atomic E-state index is 12.4.